The molecule has 0 aromatic heterocycles. The van der Waals surface area contributed by atoms with Crippen molar-refractivity contribution in [3.05, 3.63) is 35.4 Å². The second-order valence-corrected chi connectivity index (χ2v) is 7.51. The number of hydrogen-bond donors (Lipinski definition) is 1. The van der Waals surface area contributed by atoms with E-state index in [1.165, 1.54) is 18.4 Å². The Hall–Kier alpha value is -1.39. The zero-order valence-electron chi connectivity index (χ0n) is 15.5. The lowest BCUT2D eigenvalue weighted by molar-refractivity contribution is 0.0467. The van der Waals surface area contributed by atoms with Crippen LogP contribution in [0, 0.1) is 11.8 Å². The molecule has 4 nitrogen and oxygen atoms in total. The Kier molecular flexibility index (Phi) is 6.88. The van der Waals surface area contributed by atoms with Crippen molar-refractivity contribution in [2.45, 2.75) is 39.0 Å². The Morgan fingerprint density at radius 2 is 1.92 bits per heavy atom. The van der Waals surface area contributed by atoms with Crippen LogP contribution in [0.1, 0.15) is 48.5 Å². The van der Waals surface area contributed by atoms with E-state index in [0.717, 1.165) is 70.1 Å². The summed E-state index contributed by atoms with van der Waals surface area (Å²) in [6.45, 7) is 7.64. The van der Waals surface area contributed by atoms with E-state index >= 15 is 0 Å². The largest absolute Gasteiger partial charge is 0.381 e. The van der Waals surface area contributed by atoms with E-state index in [2.05, 4.69) is 24.4 Å². The monoisotopic (exact) mass is 344 g/mol. The molecule has 138 valence electrons. The normalized spacial score (nSPS) is 21.9. The number of rotatable bonds is 6. The highest BCUT2D eigenvalue weighted by molar-refractivity contribution is 5.94. The maximum atomic E-state index is 12.8. The molecule has 2 saturated heterocycles. The van der Waals surface area contributed by atoms with Gasteiger partial charge in [-0.3, -0.25) is 4.79 Å². The van der Waals surface area contributed by atoms with E-state index in [1.54, 1.807) is 0 Å². The predicted octanol–water partition coefficient (Wildman–Crippen LogP) is 3.12. The van der Waals surface area contributed by atoms with Crippen molar-refractivity contribution in [1.29, 1.82) is 0 Å². The molecule has 0 aliphatic carbocycles. The number of hydrogen-bond acceptors (Lipinski definition) is 3. The van der Waals surface area contributed by atoms with Crippen LogP contribution in [-0.2, 0) is 11.2 Å². The summed E-state index contributed by atoms with van der Waals surface area (Å²) in [5, 5.41) is 3.48. The number of benzene rings is 1. The molecule has 0 bridgehead atoms. The summed E-state index contributed by atoms with van der Waals surface area (Å²) in [6, 6.07) is 8.31. The topological polar surface area (TPSA) is 41.6 Å². The van der Waals surface area contributed by atoms with Gasteiger partial charge in [-0.15, -0.1) is 0 Å². The van der Waals surface area contributed by atoms with Crippen LogP contribution in [0.3, 0.4) is 0 Å². The second-order valence-electron chi connectivity index (χ2n) is 7.51. The number of amides is 1. The SMILES string of the molecule is CCN(CC1CCOCC1)C(=O)c1ccc(C[C@H]2CCCNC2)cc1. The summed E-state index contributed by atoms with van der Waals surface area (Å²) in [6.07, 6.45) is 5.83. The standard InChI is InChI=1S/C21H32N2O2/c1-2-23(16-18-9-12-25-13-10-18)21(24)20-7-5-17(6-8-20)14-19-4-3-11-22-15-19/h5-8,18-19,22H,2-4,9-16H2,1H3/t19-/m1/s1. The highest BCUT2D eigenvalue weighted by Crippen LogP contribution is 2.19. The minimum Gasteiger partial charge on any atom is -0.381 e. The molecule has 0 unspecified atom stereocenters. The van der Waals surface area contributed by atoms with Gasteiger partial charge >= 0.3 is 0 Å². The van der Waals surface area contributed by atoms with Crippen LogP contribution in [0.4, 0.5) is 0 Å². The first-order chi connectivity index (χ1) is 12.3. The molecule has 1 aromatic rings. The molecule has 0 spiro atoms. The molecule has 4 heteroatoms. The fourth-order valence-corrected chi connectivity index (χ4v) is 3.99. The van der Waals surface area contributed by atoms with Gasteiger partial charge in [-0.1, -0.05) is 12.1 Å². The van der Waals surface area contributed by atoms with Crippen LogP contribution in [0.5, 0.6) is 0 Å². The lowest BCUT2D eigenvalue weighted by atomic mass is 9.92. The third-order valence-electron chi connectivity index (χ3n) is 5.61. The Morgan fingerprint density at radius 3 is 2.56 bits per heavy atom. The highest BCUT2D eigenvalue weighted by Gasteiger charge is 2.21. The molecule has 25 heavy (non-hydrogen) atoms. The van der Waals surface area contributed by atoms with Crippen LogP contribution in [0.2, 0.25) is 0 Å². The summed E-state index contributed by atoms with van der Waals surface area (Å²) in [5.41, 5.74) is 2.16. The van der Waals surface area contributed by atoms with Gasteiger partial charge in [0.25, 0.3) is 5.91 Å². The number of carbonyl (C=O) groups excluding carboxylic acids is 1. The van der Waals surface area contributed by atoms with Crippen molar-refractivity contribution in [3.63, 3.8) is 0 Å². The summed E-state index contributed by atoms with van der Waals surface area (Å²) in [7, 11) is 0. The van der Waals surface area contributed by atoms with Crippen molar-refractivity contribution in [2.24, 2.45) is 11.8 Å². The molecule has 2 fully saturated rings. The molecular weight excluding hydrogens is 312 g/mol. The first-order valence-electron chi connectivity index (χ1n) is 9.93. The lowest BCUT2D eigenvalue weighted by Gasteiger charge is -2.29. The Balaban J connectivity index is 1.56. The van der Waals surface area contributed by atoms with Crippen LogP contribution in [0.15, 0.2) is 24.3 Å². The quantitative estimate of drug-likeness (QED) is 0.862. The van der Waals surface area contributed by atoms with E-state index in [9.17, 15) is 4.79 Å². The molecule has 0 saturated carbocycles. The molecule has 3 rings (SSSR count). The lowest BCUT2D eigenvalue weighted by Crippen LogP contribution is -2.37. The molecule has 1 amide bonds. The third kappa shape index (κ3) is 5.29. The van der Waals surface area contributed by atoms with Crippen molar-refractivity contribution in [3.8, 4) is 0 Å². The zero-order valence-corrected chi connectivity index (χ0v) is 15.5. The molecule has 2 heterocycles. The molecule has 2 aliphatic rings. The van der Waals surface area contributed by atoms with Crippen LogP contribution < -0.4 is 5.32 Å². The predicted molar refractivity (Wildman–Crippen MR) is 101 cm³/mol. The van der Waals surface area contributed by atoms with Gasteiger partial charge in [0.15, 0.2) is 0 Å². The van der Waals surface area contributed by atoms with Crippen LogP contribution >= 0.6 is 0 Å². The molecule has 0 radical (unpaired) electrons. The first kappa shape index (κ1) is 18.4. The van der Waals surface area contributed by atoms with E-state index in [4.69, 9.17) is 4.74 Å². The fourth-order valence-electron chi connectivity index (χ4n) is 3.99. The average molecular weight is 344 g/mol. The van der Waals surface area contributed by atoms with Gasteiger partial charge in [-0.25, -0.2) is 0 Å². The van der Waals surface area contributed by atoms with Crippen molar-refractivity contribution in [1.82, 2.24) is 10.2 Å². The molecular formula is C21H32N2O2. The minimum atomic E-state index is 0.167. The molecule has 2 aliphatic heterocycles. The van der Waals surface area contributed by atoms with E-state index in [1.807, 2.05) is 17.0 Å². The number of nitrogens with one attached hydrogen (secondary N) is 1. The number of ether oxygens (including phenoxy) is 1. The third-order valence-corrected chi connectivity index (χ3v) is 5.61. The summed E-state index contributed by atoms with van der Waals surface area (Å²) in [5.74, 6) is 1.48. The minimum absolute atomic E-state index is 0.167. The highest BCUT2D eigenvalue weighted by atomic mass is 16.5. The van der Waals surface area contributed by atoms with Crippen molar-refractivity contribution >= 4 is 5.91 Å². The van der Waals surface area contributed by atoms with Gasteiger partial charge < -0.3 is 15.0 Å². The first-order valence-corrected chi connectivity index (χ1v) is 9.93. The van der Waals surface area contributed by atoms with Gasteiger partial charge in [-0.2, -0.15) is 0 Å². The van der Waals surface area contributed by atoms with Crippen LogP contribution in [0.25, 0.3) is 0 Å². The summed E-state index contributed by atoms with van der Waals surface area (Å²) < 4.78 is 5.43. The average Bonchev–Trinajstić information content (AvgIpc) is 2.68. The molecule has 1 atom stereocenters. The summed E-state index contributed by atoms with van der Waals surface area (Å²) >= 11 is 0. The van der Waals surface area contributed by atoms with E-state index in [0.29, 0.717) is 5.92 Å². The van der Waals surface area contributed by atoms with E-state index < -0.39 is 0 Å². The Morgan fingerprint density at radius 1 is 1.16 bits per heavy atom. The Labute approximate surface area is 151 Å². The van der Waals surface area contributed by atoms with Gasteiger partial charge in [0.1, 0.15) is 0 Å². The number of nitrogens with zero attached hydrogens (tertiary/aromatic N) is 1. The Bertz CT molecular complexity index is 531. The van der Waals surface area contributed by atoms with Gasteiger partial charge in [0.05, 0.1) is 0 Å². The van der Waals surface area contributed by atoms with Gasteiger partial charge in [-0.05, 0) is 81.6 Å². The van der Waals surface area contributed by atoms with E-state index in [-0.39, 0.29) is 5.91 Å². The second kappa shape index (κ2) is 9.35. The van der Waals surface area contributed by atoms with Gasteiger partial charge in [0.2, 0.25) is 0 Å². The maximum Gasteiger partial charge on any atom is 0.253 e. The molecule has 1 N–H and O–H groups in total. The smallest absolute Gasteiger partial charge is 0.253 e. The maximum absolute atomic E-state index is 12.8. The zero-order chi connectivity index (χ0) is 17.5. The fraction of sp³-hybridized carbons (Fsp3) is 0.667. The number of piperidine rings is 1. The van der Waals surface area contributed by atoms with Crippen LogP contribution in [-0.4, -0.2) is 50.2 Å². The van der Waals surface area contributed by atoms with Gasteiger partial charge in [0, 0.05) is 31.9 Å². The van der Waals surface area contributed by atoms with Crippen molar-refractivity contribution < 1.29 is 9.53 Å². The summed E-state index contributed by atoms with van der Waals surface area (Å²) in [4.78, 5) is 14.8. The number of carbonyl (C=O) groups is 1. The molecule has 1 aromatic carbocycles. The van der Waals surface area contributed by atoms with Crippen molar-refractivity contribution in [2.75, 3.05) is 39.4 Å².